The molecule has 2 amide bonds. The van der Waals surface area contributed by atoms with Crippen LogP contribution in [0, 0.1) is 13.8 Å². The predicted molar refractivity (Wildman–Crippen MR) is 130 cm³/mol. The van der Waals surface area contributed by atoms with Gasteiger partial charge in [-0.1, -0.05) is 61.9 Å². The van der Waals surface area contributed by atoms with Crippen molar-refractivity contribution in [3.8, 4) is 0 Å². The number of anilines is 2. The number of nitrogens with one attached hydrogen (secondary N) is 2. The van der Waals surface area contributed by atoms with E-state index in [1.807, 2.05) is 52.0 Å². The highest BCUT2D eigenvalue weighted by Crippen LogP contribution is 2.27. The molecule has 6 heteroatoms. The maximum atomic E-state index is 12.7. The molecule has 0 heterocycles. The maximum absolute atomic E-state index is 12.7. The van der Waals surface area contributed by atoms with Gasteiger partial charge in [-0.15, -0.1) is 0 Å². The molecule has 3 aromatic rings. The summed E-state index contributed by atoms with van der Waals surface area (Å²) in [7, 11) is 0. The highest BCUT2D eigenvalue weighted by Gasteiger charge is 2.18. The quantitative estimate of drug-likeness (QED) is 0.473. The molecule has 0 aliphatic heterocycles. The van der Waals surface area contributed by atoms with Gasteiger partial charge in [-0.3, -0.25) is 9.59 Å². The van der Waals surface area contributed by atoms with Gasteiger partial charge in [0.05, 0.1) is 11.3 Å². The molecule has 0 fully saturated rings. The first-order valence-electron chi connectivity index (χ1n) is 10.8. The van der Waals surface area contributed by atoms with Crippen LogP contribution in [0.2, 0.25) is 0 Å². The van der Waals surface area contributed by atoms with Crippen LogP contribution in [0.3, 0.4) is 0 Å². The molecule has 0 spiro atoms. The zero-order chi connectivity index (χ0) is 24.0. The Morgan fingerprint density at radius 2 is 1.61 bits per heavy atom. The summed E-state index contributed by atoms with van der Waals surface area (Å²) < 4.78 is 5.25. The summed E-state index contributed by atoms with van der Waals surface area (Å²) in [6.07, 6.45) is 0. The number of hydrogen-bond donors (Lipinski definition) is 2. The molecule has 3 rings (SSSR count). The number of para-hydroxylation sites is 2. The molecule has 0 saturated heterocycles. The minimum absolute atomic E-state index is 0.171. The molecular weight excluding hydrogens is 416 g/mol. The van der Waals surface area contributed by atoms with Gasteiger partial charge in [0, 0.05) is 11.3 Å². The number of ether oxygens (including phenoxy) is 1. The van der Waals surface area contributed by atoms with Crippen LogP contribution in [-0.4, -0.2) is 24.4 Å². The third-order valence-electron chi connectivity index (χ3n) is 5.20. The SMILES string of the molecule is Cc1cccc(C(=O)Nc2ccccc2C(=O)OCC(=O)Nc2c(C)cccc2C(C)C)c1. The van der Waals surface area contributed by atoms with Crippen LogP contribution in [0.15, 0.2) is 66.7 Å². The van der Waals surface area contributed by atoms with Crippen molar-refractivity contribution < 1.29 is 19.1 Å². The molecule has 3 aromatic carbocycles. The smallest absolute Gasteiger partial charge is 0.340 e. The average Bonchev–Trinajstić information content (AvgIpc) is 2.79. The molecule has 0 aliphatic rings. The highest BCUT2D eigenvalue weighted by molar-refractivity contribution is 6.08. The lowest BCUT2D eigenvalue weighted by atomic mass is 9.98. The van der Waals surface area contributed by atoms with Gasteiger partial charge in [-0.2, -0.15) is 0 Å². The summed E-state index contributed by atoms with van der Waals surface area (Å²) in [6.45, 7) is 7.47. The Bertz CT molecular complexity index is 1180. The van der Waals surface area contributed by atoms with Crippen LogP contribution in [-0.2, 0) is 9.53 Å². The van der Waals surface area contributed by atoms with Gasteiger partial charge in [0.1, 0.15) is 0 Å². The summed E-state index contributed by atoms with van der Waals surface area (Å²) in [4.78, 5) is 37.8. The minimum atomic E-state index is -0.695. The number of rotatable bonds is 7. The standard InChI is InChI=1S/C27H28N2O4/c1-17(2)21-13-8-10-19(4)25(21)29-24(30)16-33-27(32)22-12-5-6-14-23(22)28-26(31)20-11-7-9-18(3)15-20/h5-15,17H,16H2,1-4H3,(H,28,31)(H,29,30). The maximum Gasteiger partial charge on any atom is 0.340 e. The van der Waals surface area contributed by atoms with E-state index >= 15 is 0 Å². The van der Waals surface area contributed by atoms with Gasteiger partial charge < -0.3 is 15.4 Å². The molecule has 0 aliphatic carbocycles. The van der Waals surface area contributed by atoms with Crippen molar-refractivity contribution in [1.29, 1.82) is 0 Å². The second-order valence-electron chi connectivity index (χ2n) is 8.19. The van der Waals surface area contributed by atoms with E-state index in [0.717, 1.165) is 22.4 Å². The largest absolute Gasteiger partial charge is 0.452 e. The summed E-state index contributed by atoms with van der Waals surface area (Å²) in [5, 5.41) is 5.60. The van der Waals surface area contributed by atoms with Crippen LogP contribution >= 0.6 is 0 Å². The van der Waals surface area contributed by atoms with E-state index in [0.29, 0.717) is 11.3 Å². The first kappa shape index (κ1) is 23.7. The molecule has 0 atom stereocenters. The van der Waals surface area contributed by atoms with Crippen molar-refractivity contribution in [3.63, 3.8) is 0 Å². The van der Waals surface area contributed by atoms with Crippen molar-refractivity contribution in [2.24, 2.45) is 0 Å². The number of carbonyl (C=O) groups excluding carboxylic acids is 3. The molecule has 0 radical (unpaired) electrons. The van der Waals surface area contributed by atoms with Crippen LogP contribution < -0.4 is 10.6 Å². The molecule has 0 aromatic heterocycles. The van der Waals surface area contributed by atoms with Crippen molar-refractivity contribution in [3.05, 3.63) is 94.5 Å². The van der Waals surface area contributed by atoms with E-state index < -0.39 is 18.5 Å². The predicted octanol–water partition coefficient (Wildman–Crippen LogP) is 5.47. The van der Waals surface area contributed by atoms with E-state index in [9.17, 15) is 14.4 Å². The van der Waals surface area contributed by atoms with Gasteiger partial charge in [0.2, 0.25) is 0 Å². The fourth-order valence-corrected chi connectivity index (χ4v) is 3.48. The molecule has 2 N–H and O–H groups in total. The van der Waals surface area contributed by atoms with Crippen LogP contribution in [0.25, 0.3) is 0 Å². The Morgan fingerprint density at radius 3 is 2.33 bits per heavy atom. The van der Waals surface area contributed by atoms with E-state index in [2.05, 4.69) is 10.6 Å². The number of aryl methyl sites for hydroxylation is 2. The minimum Gasteiger partial charge on any atom is -0.452 e. The number of hydrogen-bond acceptors (Lipinski definition) is 4. The fourth-order valence-electron chi connectivity index (χ4n) is 3.48. The van der Waals surface area contributed by atoms with E-state index in [-0.39, 0.29) is 17.4 Å². The van der Waals surface area contributed by atoms with Crippen molar-refractivity contribution >= 4 is 29.2 Å². The lowest BCUT2D eigenvalue weighted by molar-refractivity contribution is -0.119. The van der Waals surface area contributed by atoms with Crippen LogP contribution in [0.1, 0.15) is 57.2 Å². The third kappa shape index (κ3) is 6.07. The van der Waals surface area contributed by atoms with E-state index in [4.69, 9.17) is 4.74 Å². The number of benzene rings is 3. The molecule has 0 bridgehead atoms. The van der Waals surface area contributed by atoms with E-state index in [1.54, 1.807) is 42.5 Å². The Morgan fingerprint density at radius 1 is 0.879 bits per heavy atom. The van der Waals surface area contributed by atoms with E-state index in [1.165, 1.54) is 0 Å². The summed E-state index contributed by atoms with van der Waals surface area (Å²) in [5.74, 6) is -1.23. The second-order valence-corrected chi connectivity index (χ2v) is 8.19. The monoisotopic (exact) mass is 444 g/mol. The van der Waals surface area contributed by atoms with Gasteiger partial charge in [-0.25, -0.2) is 4.79 Å². The normalized spacial score (nSPS) is 10.6. The Balaban J connectivity index is 1.67. The molecule has 6 nitrogen and oxygen atoms in total. The highest BCUT2D eigenvalue weighted by atomic mass is 16.5. The summed E-state index contributed by atoms with van der Waals surface area (Å²) in [5.41, 5.74) is 4.61. The summed E-state index contributed by atoms with van der Waals surface area (Å²) in [6, 6.07) is 19.5. The fraction of sp³-hybridized carbons (Fsp3) is 0.222. The van der Waals surface area contributed by atoms with Crippen LogP contribution in [0.5, 0.6) is 0 Å². The Kier molecular flexibility index (Phi) is 7.61. The molecule has 0 saturated carbocycles. The third-order valence-corrected chi connectivity index (χ3v) is 5.20. The lowest BCUT2D eigenvalue weighted by Crippen LogP contribution is -2.23. The second kappa shape index (κ2) is 10.6. The Labute approximate surface area is 194 Å². The zero-order valence-electron chi connectivity index (χ0n) is 19.3. The topological polar surface area (TPSA) is 84.5 Å². The Hall–Kier alpha value is -3.93. The van der Waals surface area contributed by atoms with Gasteiger partial charge in [-0.05, 0) is 55.2 Å². The molecule has 33 heavy (non-hydrogen) atoms. The summed E-state index contributed by atoms with van der Waals surface area (Å²) >= 11 is 0. The average molecular weight is 445 g/mol. The number of carbonyl (C=O) groups is 3. The van der Waals surface area contributed by atoms with Crippen LogP contribution in [0.4, 0.5) is 11.4 Å². The van der Waals surface area contributed by atoms with Crippen molar-refractivity contribution in [2.45, 2.75) is 33.6 Å². The first-order valence-corrected chi connectivity index (χ1v) is 10.8. The number of esters is 1. The molecule has 170 valence electrons. The molecule has 0 unspecified atom stereocenters. The van der Waals surface area contributed by atoms with Crippen molar-refractivity contribution in [1.82, 2.24) is 0 Å². The van der Waals surface area contributed by atoms with Gasteiger partial charge in [0.15, 0.2) is 6.61 Å². The lowest BCUT2D eigenvalue weighted by Gasteiger charge is -2.16. The van der Waals surface area contributed by atoms with Crippen molar-refractivity contribution in [2.75, 3.05) is 17.2 Å². The van der Waals surface area contributed by atoms with Gasteiger partial charge >= 0.3 is 5.97 Å². The first-order chi connectivity index (χ1) is 15.8. The zero-order valence-corrected chi connectivity index (χ0v) is 19.3. The number of amides is 2. The van der Waals surface area contributed by atoms with Gasteiger partial charge in [0.25, 0.3) is 11.8 Å². The molecular formula is C27H28N2O4.